The summed E-state index contributed by atoms with van der Waals surface area (Å²) < 4.78 is 12.3. The minimum atomic E-state index is 0.221. The Hall–Kier alpha value is -4.94. The van der Waals surface area contributed by atoms with Gasteiger partial charge in [-0.1, -0.05) is 72.8 Å². The fourth-order valence-electron chi connectivity index (χ4n) is 5.28. The van der Waals surface area contributed by atoms with E-state index in [4.69, 9.17) is 20.0 Å². The number of rotatable bonds is 6. The van der Waals surface area contributed by atoms with Crippen LogP contribution >= 0.6 is 0 Å². The van der Waals surface area contributed by atoms with Gasteiger partial charge in [0.15, 0.2) is 0 Å². The van der Waals surface area contributed by atoms with Crippen molar-refractivity contribution in [1.82, 2.24) is 0 Å². The van der Waals surface area contributed by atoms with Crippen LogP contribution in [0.4, 0.5) is 0 Å². The predicted molar refractivity (Wildman–Crippen MR) is 152 cm³/mol. The summed E-state index contributed by atoms with van der Waals surface area (Å²) in [6.45, 7) is 0.504. The fraction of sp³-hybridized carbons (Fsp3) is 0.235. The van der Waals surface area contributed by atoms with E-state index < -0.39 is 0 Å². The molecule has 0 saturated heterocycles. The lowest BCUT2D eigenvalue weighted by Crippen LogP contribution is -2.07. The van der Waals surface area contributed by atoms with E-state index in [-0.39, 0.29) is 37.6 Å². The molecule has 0 spiro atoms. The molecule has 1 aliphatic rings. The topological polar surface area (TPSA) is 107 Å². The second-order valence-corrected chi connectivity index (χ2v) is 9.88. The van der Waals surface area contributed by atoms with Gasteiger partial charge in [-0.3, -0.25) is 0 Å². The van der Waals surface area contributed by atoms with Gasteiger partial charge in [-0.2, -0.15) is 10.5 Å². The van der Waals surface area contributed by atoms with Crippen molar-refractivity contribution in [3.05, 3.63) is 117 Å². The van der Waals surface area contributed by atoms with E-state index in [0.717, 1.165) is 44.5 Å². The van der Waals surface area contributed by atoms with E-state index >= 15 is 0 Å². The van der Waals surface area contributed by atoms with Gasteiger partial charge in [0.05, 0.1) is 25.0 Å². The molecule has 0 atom stereocenters. The molecule has 4 aromatic carbocycles. The van der Waals surface area contributed by atoms with E-state index in [1.165, 1.54) is 0 Å². The summed E-state index contributed by atoms with van der Waals surface area (Å²) >= 11 is 0. The van der Waals surface area contributed by atoms with Crippen LogP contribution < -0.4 is 9.47 Å². The summed E-state index contributed by atoms with van der Waals surface area (Å²) in [6.07, 6.45) is 2.26. The molecule has 1 aliphatic carbocycles. The summed E-state index contributed by atoms with van der Waals surface area (Å²) in [5.41, 5.74) is 6.64. The number of nitrogens with zero attached hydrogens (tertiary/aromatic N) is 2. The van der Waals surface area contributed by atoms with Crippen molar-refractivity contribution in [2.24, 2.45) is 0 Å². The monoisotopic (exact) mass is 530 g/mol. The number of nitriles is 2. The highest BCUT2D eigenvalue weighted by atomic mass is 16.5. The molecule has 2 N–H and O–H groups in total. The molecule has 200 valence electrons. The van der Waals surface area contributed by atoms with Gasteiger partial charge in [-0.25, -0.2) is 0 Å². The lowest BCUT2D eigenvalue weighted by Gasteiger charge is -2.20. The van der Waals surface area contributed by atoms with Gasteiger partial charge in [0.2, 0.25) is 0 Å². The van der Waals surface area contributed by atoms with Gasteiger partial charge >= 0.3 is 0 Å². The largest absolute Gasteiger partial charge is 0.507 e. The highest BCUT2D eigenvalue weighted by molar-refractivity contribution is 5.55. The number of para-hydroxylation sites is 4. The van der Waals surface area contributed by atoms with Crippen LogP contribution in [-0.2, 0) is 25.7 Å². The maximum absolute atomic E-state index is 11.4. The fourth-order valence-corrected chi connectivity index (χ4v) is 5.28. The Balaban J connectivity index is 1.68. The van der Waals surface area contributed by atoms with Crippen molar-refractivity contribution in [2.75, 3.05) is 13.2 Å². The van der Waals surface area contributed by atoms with Crippen molar-refractivity contribution in [2.45, 2.75) is 38.5 Å². The minimum absolute atomic E-state index is 0.221. The Morgan fingerprint density at radius 1 is 0.500 bits per heavy atom. The van der Waals surface area contributed by atoms with Crippen LogP contribution in [0.2, 0.25) is 0 Å². The standard InChI is InChI=1S/C34H30N2O4/c35-15-5-17-39-33-27-11-3-13-29(33)21-25-9-2-10-26(32(25)38)22-30-14-4-12-28(34(30)40-18-6-16-36)20-24-8-1-7-23(19-27)31(24)37/h1-4,7-14,37-38H,5-6,17-22H2. The van der Waals surface area contributed by atoms with Crippen molar-refractivity contribution in [3.8, 4) is 35.1 Å². The molecule has 0 aliphatic heterocycles. The summed E-state index contributed by atoms with van der Waals surface area (Å²) in [4.78, 5) is 0. The van der Waals surface area contributed by atoms with E-state index in [1.54, 1.807) is 0 Å². The van der Waals surface area contributed by atoms with Crippen LogP contribution in [0.25, 0.3) is 0 Å². The molecule has 0 radical (unpaired) electrons. The van der Waals surface area contributed by atoms with E-state index in [1.807, 2.05) is 72.8 Å². The van der Waals surface area contributed by atoms with E-state index in [2.05, 4.69) is 12.1 Å². The molecule has 6 nitrogen and oxygen atoms in total. The van der Waals surface area contributed by atoms with Gasteiger partial charge in [0.1, 0.15) is 36.2 Å². The number of benzene rings is 4. The molecular formula is C34H30N2O4. The average molecular weight is 531 g/mol. The average Bonchev–Trinajstić information content (AvgIpc) is 2.95. The van der Waals surface area contributed by atoms with E-state index in [0.29, 0.717) is 37.2 Å². The molecule has 0 saturated carbocycles. The maximum Gasteiger partial charge on any atom is 0.126 e. The first kappa shape index (κ1) is 26.7. The summed E-state index contributed by atoms with van der Waals surface area (Å²) in [5.74, 6) is 1.80. The Morgan fingerprint density at radius 2 is 0.775 bits per heavy atom. The number of fused-ring (bicyclic) bond motifs is 8. The second kappa shape index (κ2) is 12.3. The maximum atomic E-state index is 11.4. The van der Waals surface area contributed by atoms with Gasteiger partial charge in [-0.05, 0) is 44.5 Å². The number of hydrogen-bond donors (Lipinski definition) is 2. The molecule has 0 unspecified atom stereocenters. The molecule has 0 heterocycles. The Labute approximate surface area is 234 Å². The normalized spacial score (nSPS) is 12.2. The van der Waals surface area contributed by atoms with Crippen molar-refractivity contribution in [1.29, 1.82) is 10.5 Å². The molecule has 0 amide bonds. The lowest BCUT2D eigenvalue weighted by atomic mass is 9.91. The number of hydrogen-bond acceptors (Lipinski definition) is 6. The number of aromatic hydroxyl groups is 2. The second-order valence-electron chi connectivity index (χ2n) is 9.88. The number of ether oxygens (including phenoxy) is 2. The van der Waals surface area contributed by atoms with Gasteiger partial charge in [-0.15, -0.1) is 0 Å². The van der Waals surface area contributed by atoms with Crippen LogP contribution in [0, 0.1) is 22.7 Å². The van der Waals surface area contributed by atoms with Crippen molar-refractivity contribution in [3.63, 3.8) is 0 Å². The minimum Gasteiger partial charge on any atom is -0.507 e. The molecule has 4 aromatic rings. The van der Waals surface area contributed by atoms with Gasteiger partial charge in [0.25, 0.3) is 0 Å². The molecule has 0 fully saturated rings. The van der Waals surface area contributed by atoms with Crippen LogP contribution in [0.3, 0.4) is 0 Å². The molecule has 8 bridgehead atoms. The zero-order chi connectivity index (χ0) is 27.9. The van der Waals surface area contributed by atoms with Gasteiger partial charge in [0, 0.05) is 25.7 Å². The highest BCUT2D eigenvalue weighted by Gasteiger charge is 2.20. The smallest absolute Gasteiger partial charge is 0.126 e. The predicted octanol–water partition coefficient (Wildman–Crippen LogP) is 6.36. The van der Waals surface area contributed by atoms with Crippen LogP contribution in [0.1, 0.15) is 57.3 Å². The van der Waals surface area contributed by atoms with Crippen LogP contribution in [0.5, 0.6) is 23.0 Å². The third kappa shape index (κ3) is 5.72. The Bertz CT molecular complexity index is 1410. The zero-order valence-corrected chi connectivity index (χ0v) is 22.2. The van der Waals surface area contributed by atoms with Crippen molar-refractivity contribution >= 4 is 0 Å². The Morgan fingerprint density at radius 3 is 1.05 bits per heavy atom. The highest BCUT2D eigenvalue weighted by Crippen LogP contribution is 2.38. The van der Waals surface area contributed by atoms with Crippen LogP contribution in [-0.4, -0.2) is 23.4 Å². The number of phenols is 2. The molecular weight excluding hydrogens is 500 g/mol. The zero-order valence-electron chi connectivity index (χ0n) is 22.2. The summed E-state index contributed by atoms with van der Waals surface area (Å²) in [5, 5.41) is 40.9. The molecule has 0 aromatic heterocycles. The molecule has 5 rings (SSSR count). The summed E-state index contributed by atoms with van der Waals surface area (Å²) in [6, 6.07) is 27.6. The lowest BCUT2D eigenvalue weighted by molar-refractivity contribution is 0.320. The SMILES string of the molecule is N#CCCOc1c2cccc1Cc1cccc(c1O)Cc1cccc(c1OCCC#N)Cc1cccc(c1O)C2. The molecule has 40 heavy (non-hydrogen) atoms. The summed E-state index contributed by atoms with van der Waals surface area (Å²) in [7, 11) is 0. The van der Waals surface area contributed by atoms with Crippen LogP contribution in [0.15, 0.2) is 72.8 Å². The molecule has 6 heteroatoms. The third-order valence-electron chi connectivity index (χ3n) is 7.21. The van der Waals surface area contributed by atoms with Gasteiger partial charge < -0.3 is 19.7 Å². The Kier molecular flexibility index (Phi) is 8.18. The quantitative estimate of drug-likeness (QED) is 0.248. The van der Waals surface area contributed by atoms with E-state index in [9.17, 15) is 10.2 Å². The third-order valence-corrected chi connectivity index (χ3v) is 7.21. The number of phenolic OH excluding ortho intramolecular Hbond substituents is 2. The van der Waals surface area contributed by atoms with Crippen molar-refractivity contribution < 1.29 is 19.7 Å². The first-order chi connectivity index (χ1) is 19.6. The first-order valence-electron chi connectivity index (χ1n) is 13.4. The first-order valence-corrected chi connectivity index (χ1v) is 13.4.